The zero-order valence-corrected chi connectivity index (χ0v) is 17.8. The van der Waals surface area contributed by atoms with Crippen LogP contribution in [0.3, 0.4) is 0 Å². The van der Waals surface area contributed by atoms with Crippen molar-refractivity contribution >= 4 is 23.7 Å². The molecule has 1 aromatic carbocycles. The number of nitrogens with one attached hydrogen (secondary N) is 3. The fourth-order valence-corrected chi connectivity index (χ4v) is 2.57. The molecule has 0 aliphatic rings. The Kier molecular flexibility index (Phi) is 10.5. The molecule has 0 radical (unpaired) electrons. The molecule has 0 heterocycles. The second-order valence-electron chi connectivity index (χ2n) is 7.53. The summed E-state index contributed by atoms with van der Waals surface area (Å²) >= 11 is 0. The first-order chi connectivity index (χ1) is 15.0. The minimum atomic E-state index is -1.60. The standard InChI is InChI=1S/C20H30N4O8/c1-10(2)16(21)19(30)23-14(8-25)18(29)22-13(7-11-3-5-12(27)6-4-11)17(28)24-15(9-26)20(31)32/h3-6,10,13-16,25-27H,7-9,21H2,1-2H3,(H,22,29)(H,23,30)(H,24,28)(H,31,32). The third-order valence-corrected chi connectivity index (χ3v) is 4.64. The number of rotatable bonds is 12. The first-order valence-corrected chi connectivity index (χ1v) is 9.89. The summed E-state index contributed by atoms with van der Waals surface area (Å²) in [6, 6.07) is 0.479. The predicted molar refractivity (Wildman–Crippen MR) is 112 cm³/mol. The van der Waals surface area contributed by atoms with Crippen molar-refractivity contribution in [3.05, 3.63) is 29.8 Å². The maximum atomic E-state index is 12.6. The van der Waals surface area contributed by atoms with Gasteiger partial charge in [0.2, 0.25) is 17.7 Å². The topological polar surface area (TPSA) is 211 Å². The zero-order valence-electron chi connectivity index (χ0n) is 17.8. The normalized spacial score (nSPS) is 14.7. The van der Waals surface area contributed by atoms with Gasteiger partial charge >= 0.3 is 5.97 Å². The van der Waals surface area contributed by atoms with E-state index < -0.39 is 61.1 Å². The smallest absolute Gasteiger partial charge is 0.328 e. The molecule has 0 aliphatic carbocycles. The lowest BCUT2D eigenvalue weighted by Crippen LogP contribution is -2.59. The van der Waals surface area contributed by atoms with Crippen LogP contribution in [0.15, 0.2) is 24.3 Å². The van der Waals surface area contributed by atoms with E-state index in [9.17, 15) is 29.4 Å². The van der Waals surface area contributed by atoms with Crippen molar-refractivity contribution in [2.45, 2.75) is 44.4 Å². The Bertz CT molecular complexity index is 799. The molecule has 0 spiro atoms. The van der Waals surface area contributed by atoms with Gasteiger partial charge in [0.05, 0.1) is 19.3 Å². The minimum Gasteiger partial charge on any atom is -0.508 e. The summed E-state index contributed by atoms with van der Waals surface area (Å²) < 4.78 is 0. The largest absolute Gasteiger partial charge is 0.508 e. The molecule has 0 aromatic heterocycles. The summed E-state index contributed by atoms with van der Waals surface area (Å²) in [5.41, 5.74) is 6.26. The fourth-order valence-electron chi connectivity index (χ4n) is 2.57. The van der Waals surface area contributed by atoms with Crippen LogP contribution in [0.2, 0.25) is 0 Å². The van der Waals surface area contributed by atoms with Crippen LogP contribution in [0.1, 0.15) is 19.4 Å². The molecule has 0 fully saturated rings. The average Bonchev–Trinajstić information content (AvgIpc) is 2.75. The number of carbonyl (C=O) groups excluding carboxylic acids is 3. The second kappa shape index (κ2) is 12.6. The van der Waals surface area contributed by atoms with Crippen LogP contribution in [0.4, 0.5) is 0 Å². The second-order valence-corrected chi connectivity index (χ2v) is 7.53. The Morgan fingerprint density at radius 2 is 1.31 bits per heavy atom. The van der Waals surface area contributed by atoms with Gasteiger partial charge in [0, 0.05) is 6.42 Å². The van der Waals surface area contributed by atoms with E-state index in [1.54, 1.807) is 13.8 Å². The molecule has 32 heavy (non-hydrogen) atoms. The molecule has 1 rings (SSSR count). The highest BCUT2D eigenvalue weighted by molar-refractivity contribution is 5.94. The van der Waals surface area contributed by atoms with Gasteiger partial charge in [0.1, 0.15) is 23.9 Å². The van der Waals surface area contributed by atoms with E-state index >= 15 is 0 Å². The number of benzene rings is 1. The van der Waals surface area contributed by atoms with E-state index in [4.69, 9.17) is 15.9 Å². The van der Waals surface area contributed by atoms with Gasteiger partial charge in [-0.15, -0.1) is 0 Å². The Labute approximate surface area is 184 Å². The first kappa shape index (κ1) is 26.8. The van der Waals surface area contributed by atoms with Crippen LogP contribution in [-0.4, -0.2) is 81.5 Å². The lowest BCUT2D eigenvalue weighted by atomic mass is 10.0. The Hall–Kier alpha value is -3.22. The van der Waals surface area contributed by atoms with Crippen LogP contribution in [0, 0.1) is 5.92 Å². The van der Waals surface area contributed by atoms with Crippen molar-refractivity contribution in [3.8, 4) is 5.75 Å². The number of nitrogens with two attached hydrogens (primary N) is 1. The number of hydrogen-bond donors (Lipinski definition) is 8. The zero-order chi connectivity index (χ0) is 24.4. The van der Waals surface area contributed by atoms with Gasteiger partial charge in [-0.3, -0.25) is 14.4 Å². The van der Waals surface area contributed by atoms with Gasteiger partial charge < -0.3 is 42.1 Å². The lowest BCUT2D eigenvalue weighted by molar-refractivity contribution is -0.143. The van der Waals surface area contributed by atoms with Gasteiger partial charge in [-0.2, -0.15) is 0 Å². The van der Waals surface area contributed by atoms with Crippen LogP contribution in [0.5, 0.6) is 5.75 Å². The summed E-state index contributed by atoms with van der Waals surface area (Å²) in [5, 5.41) is 43.9. The van der Waals surface area contributed by atoms with E-state index in [0.29, 0.717) is 5.56 Å². The highest BCUT2D eigenvalue weighted by Gasteiger charge is 2.30. The van der Waals surface area contributed by atoms with Gasteiger partial charge in [-0.05, 0) is 23.6 Å². The highest BCUT2D eigenvalue weighted by atomic mass is 16.4. The molecule has 12 nitrogen and oxygen atoms in total. The number of hydrogen-bond acceptors (Lipinski definition) is 8. The molecule has 0 saturated heterocycles. The number of carboxylic acids is 1. The van der Waals surface area contributed by atoms with Crippen molar-refractivity contribution < 1.29 is 39.6 Å². The number of phenols is 1. The molecule has 0 aliphatic heterocycles. The third-order valence-electron chi connectivity index (χ3n) is 4.64. The first-order valence-electron chi connectivity index (χ1n) is 9.89. The molecule has 0 saturated carbocycles. The summed E-state index contributed by atoms with van der Waals surface area (Å²) in [5.74, 6) is -4.19. The summed E-state index contributed by atoms with van der Waals surface area (Å²) in [7, 11) is 0. The van der Waals surface area contributed by atoms with E-state index in [1.807, 2.05) is 0 Å². The quantitative estimate of drug-likeness (QED) is 0.167. The van der Waals surface area contributed by atoms with Crippen molar-refractivity contribution in [1.29, 1.82) is 0 Å². The molecule has 3 amide bonds. The molecule has 4 unspecified atom stereocenters. The van der Waals surface area contributed by atoms with Crippen LogP contribution in [0.25, 0.3) is 0 Å². The average molecular weight is 454 g/mol. The van der Waals surface area contributed by atoms with Crippen LogP contribution >= 0.6 is 0 Å². The van der Waals surface area contributed by atoms with Crippen molar-refractivity contribution in [2.24, 2.45) is 11.7 Å². The van der Waals surface area contributed by atoms with Gasteiger partial charge in [0.25, 0.3) is 0 Å². The number of aliphatic hydroxyl groups is 2. The molecule has 1 aromatic rings. The number of aromatic hydroxyl groups is 1. The van der Waals surface area contributed by atoms with Crippen molar-refractivity contribution in [3.63, 3.8) is 0 Å². The van der Waals surface area contributed by atoms with Gasteiger partial charge in [0.15, 0.2) is 0 Å². The predicted octanol–water partition coefficient (Wildman–Crippen LogP) is -2.56. The summed E-state index contributed by atoms with van der Waals surface area (Å²) in [6.07, 6.45) is -0.104. The molecule has 4 atom stereocenters. The third kappa shape index (κ3) is 8.13. The van der Waals surface area contributed by atoms with Crippen molar-refractivity contribution in [2.75, 3.05) is 13.2 Å². The fraction of sp³-hybridized carbons (Fsp3) is 0.500. The summed E-state index contributed by atoms with van der Waals surface area (Å²) in [4.78, 5) is 48.5. The van der Waals surface area contributed by atoms with Gasteiger partial charge in [-0.25, -0.2) is 4.79 Å². The number of aliphatic hydroxyl groups excluding tert-OH is 2. The maximum Gasteiger partial charge on any atom is 0.328 e. The number of phenolic OH excluding ortho intramolecular Hbond substituents is 1. The van der Waals surface area contributed by atoms with Crippen LogP contribution in [-0.2, 0) is 25.6 Å². The van der Waals surface area contributed by atoms with E-state index in [1.165, 1.54) is 24.3 Å². The molecular formula is C20H30N4O8. The number of carbonyl (C=O) groups is 4. The van der Waals surface area contributed by atoms with E-state index in [0.717, 1.165) is 0 Å². The van der Waals surface area contributed by atoms with E-state index in [2.05, 4.69) is 16.0 Å². The Morgan fingerprint density at radius 1 is 0.844 bits per heavy atom. The lowest BCUT2D eigenvalue weighted by Gasteiger charge is -2.24. The maximum absolute atomic E-state index is 12.6. The van der Waals surface area contributed by atoms with Gasteiger partial charge in [-0.1, -0.05) is 26.0 Å². The monoisotopic (exact) mass is 454 g/mol. The SMILES string of the molecule is CC(C)C(N)C(=O)NC(CO)C(=O)NC(Cc1ccc(O)cc1)C(=O)NC(CO)C(=O)O. The Morgan fingerprint density at radius 3 is 1.78 bits per heavy atom. The molecule has 178 valence electrons. The minimum absolute atomic E-state index is 0.0189. The molecule has 9 N–H and O–H groups in total. The van der Waals surface area contributed by atoms with Crippen molar-refractivity contribution in [1.82, 2.24) is 16.0 Å². The highest BCUT2D eigenvalue weighted by Crippen LogP contribution is 2.12. The molecule has 0 bridgehead atoms. The molecular weight excluding hydrogens is 424 g/mol. The van der Waals surface area contributed by atoms with E-state index in [-0.39, 0.29) is 18.1 Å². The number of aliphatic carboxylic acids is 1. The molecule has 12 heteroatoms. The van der Waals surface area contributed by atoms with Crippen LogP contribution < -0.4 is 21.7 Å². The Balaban J connectivity index is 3.02. The number of amides is 3. The summed E-state index contributed by atoms with van der Waals surface area (Å²) in [6.45, 7) is 1.76. The number of carboxylic acid groups (broad SMARTS) is 1.